The highest BCUT2D eigenvalue weighted by Gasteiger charge is 2.32. The van der Waals surface area contributed by atoms with Crippen LogP contribution in [0, 0.1) is 0 Å². The van der Waals surface area contributed by atoms with Crippen LogP contribution in [-0.2, 0) is 10.2 Å². The maximum Gasteiger partial charge on any atom is 0.0582 e. The maximum absolute atomic E-state index is 6.02. The molecule has 0 unspecified atom stereocenters. The maximum atomic E-state index is 6.02. The number of methoxy groups -OCH3 is 1. The second-order valence-corrected chi connectivity index (χ2v) is 4.85. The molecule has 0 heterocycles. The van der Waals surface area contributed by atoms with Gasteiger partial charge in [-0.2, -0.15) is 0 Å². The molecule has 0 aliphatic carbocycles. The Kier molecular flexibility index (Phi) is 5.41. The van der Waals surface area contributed by atoms with E-state index in [1.165, 1.54) is 0 Å². The standard InChI is InChI=1S/C11H13BrCl2O/c1-15-8-11(6-13,7-14)9-4-2-3-5-10(9)12/h2-5H,6-8H2,1H3. The lowest BCUT2D eigenvalue weighted by Gasteiger charge is -2.30. The van der Waals surface area contributed by atoms with E-state index >= 15 is 0 Å². The molecule has 84 valence electrons. The van der Waals surface area contributed by atoms with E-state index in [-0.39, 0.29) is 5.41 Å². The van der Waals surface area contributed by atoms with E-state index in [0.717, 1.165) is 10.0 Å². The molecule has 0 fully saturated rings. The van der Waals surface area contributed by atoms with Gasteiger partial charge in [0.05, 0.1) is 6.61 Å². The van der Waals surface area contributed by atoms with Crippen molar-refractivity contribution in [3.05, 3.63) is 34.3 Å². The SMILES string of the molecule is COCC(CCl)(CCl)c1ccccc1Br. The fraction of sp³-hybridized carbons (Fsp3) is 0.455. The van der Waals surface area contributed by atoms with E-state index in [0.29, 0.717) is 18.4 Å². The van der Waals surface area contributed by atoms with Gasteiger partial charge in [0.1, 0.15) is 0 Å². The van der Waals surface area contributed by atoms with E-state index in [4.69, 9.17) is 27.9 Å². The van der Waals surface area contributed by atoms with Crippen molar-refractivity contribution < 1.29 is 4.74 Å². The molecule has 0 aliphatic heterocycles. The largest absolute Gasteiger partial charge is 0.384 e. The highest BCUT2D eigenvalue weighted by atomic mass is 79.9. The summed E-state index contributed by atoms with van der Waals surface area (Å²) in [5.41, 5.74) is 0.773. The molecule has 0 aliphatic rings. The summed E-state index contributed by atoms with van der Waals surface area (Å²) >= 11 is 15.6. The van der Waals surface area contributed by atoms with E-state index < -0.39 is 0 Å². The number of halogens is 3. The normalized spacial score (nSPS) is 11.7. The van der Waals surface area contributed by atoms with Crippen molar-refractivity contribution in [1.29, 1.82) is 0 Å². The highest BCUT2D eigenvalue weighted by molar-refractivity contribution is 9.10. The number of alkyl halides is 2. The lowest BCUT2D eigenvalue weighted by molar-refractivity contribution is 0.149. The number of ether oxygens (including phenoxy) is 1. The summed E-state index contributed by atoms with van der Waals surface area (Å²) in [6.07, 6.45) is 0. The topological polar surface area (TPSA) is 9.23 Å². The Bertz CT molecular complexity index is 313. The Morgan fingerprint density at radius 2 is 1.87 bits per heavy atom. The summed E-state index contributed by atoms with van der Waals surface area (Å²) in [7, 11) is 1.66. The molecule has 0 amide bonds. The van der Waals surface area contributed by atoms with Crippen molar-refractivity contribution in [2.24, 2.45) is 0 Å². The zero-order chi connectivity index (χ0) is 11.3. The van der Waals surface area contributed by atoms with Crippen molar-refractivity contribution in [2.75, 3.05) is 25.5 Å². The van der Waals surface area contributed by atoms with Crippen LogP contribution in [0.4, 0.5) is 0 Å². The molecule has 4 heteroatoms. The molecule has 0 radical (unpaired) electrons. The first-order chi connectivity index (χ1) is 7.20. The minimum atomic E-state index is -0.321. The second kappa shape index (κ2) is 6.09. The van der Waals surface area contributed by atoms with E-state index in [1.807, 2.05) is 24.3 Å². The lowest BCUT2D eigenvalue weighted by Crippen LogP contribution is -2.36. The summed E-state index contributed by atoms with van der Waals surface area (Å²) in [4.78, 5) is 0. The third-order valence-electron chi connectivity index (χ3n) is 2.38. The van der Waals surface area contributed by atoms with Gasteiger partial charge in [0, 0.05) is 28.8 Å². The second-order valence-electron chi connectivity index (χ2n) is 3.46. The fourth-order valence-corrected chi connectivity index (χ4v) is 2.94. The van der Waals surface area contributed by atoms with Crippen LogP contribution in [0.5, 0.6) is 0 Å². The average Bonchev–Trinajstić information content (AvgIpc) is 2.27. The minimum absolute atomic E-state index is 0.321. The van der Waals surface area contributed by atoms with Crippen LogP contribution >= 0.6 is 39.1 Å². The molecule has 0 saturated carbocycles. The molecular formula is C11H13BrCl2O. The first-order valence-electron chi connectivity index (χ1n) is 4.56. The van der Waals surface area contributed by atoms with Crippen molar-refractivity contribution in [3.63, 3.8) is 0 Å². The third-order valence-corrected chi connectivity index (χ3v) is 4.09. The Labute approximate surface area is 109 Å². The molecule has 0 atom stereocenters. The zero-order valence-corrected chi connectivity index (χ0v) is 11.6. The summed E-state index contributed by atoms with van der Waals surface area (Å²) in [6.45, 7) is 0.516. The lowest BCUT2D eigenvalue weighted by atomic mass is 9.85. The summed E-state index contributed by atoms with van der Waals surface area (Å²) in [5.74, 6) is 0.875. The summed E-state index contributed by atoms with van der Waals surface area (Å²) in [5, 5.41) is 0. The highest BCUT2D eigenvalue weighted by Crippen LogP contribution is 2.33. The smallest absolute Gasteiger partial charge is 0.0582 e. The number of benzene rings is 1. The van der Waals surface area contributed by atoms with Gasteiger partial charge in [-0.1, -0.05) is 34.1 Å². The van der Waals surface area contributed by atoms with Crippen LogP contribution in [-0.4, -0.2) is 25.5 Å². The third kappa shape index (κ3) is 2.88. The van der Waals surface area contributed by atoms with Gasteiger partial charge in [0.15, 0.2) is 0 Å². The Hall–Kier alpha value is 0.240. The van der Waals surface area contributed by atoms with Gasteiger partial charge in [-0.3, -0.25) is 0 Å². The molecule has 0 N–H and O–H groups in total. The first-order valence-corrected chi connectivity index (χ1v) is 6.42. The predicted molar refractivity (Wildman–Crippen MR) is 69.1 cm³/mol. The van der Waals surface area contributed by atoms with Crippen LogP contribution in [0.3, 0.4) is 0 Å². The molecule has 0 saturated heterocycles. The van der Waals surface area contributed by atoms with Crippen LogP contribution in [0.1, 0.15) is 5.56 Å². The zero-order valence-electron chi connectivity index (χ0n) is 8.47. The molecule has 0 bridgehead atoms. The van der Waals surface area contributed by atoms with Crippen LogP contribution in [0.2, 0.25) is 0 Å². The number of hydrogen-bond donors (Lipinski definition) is 0. The van der Waals surface area contributed by atoms with Gasteiger partial charge >= 0.3 is 0 Å². The molecule has 0 aromatic heterocycles. The van der Waals surface area contributed by atoms with E-state index in [9.17, 15) is 0 Å². The predicted octanol–water partition coefficient (Wildman–Crippen LogP) is 3.81. The molecular weight excluding hydrogens is 299 g/mol. The molecule has 15 heavy (non-hydrogen) atoms. The Morgan fingerprint density at radius 3 is 2.33 bits per heavy atom. The van der Waals surface area contributed by atoms with Crippen LogP contribution in [0.25, 0.3) is 0 Å². The molecule has 0 spiro atoms. The Balaban J connectivity index is 3.13. The molecule has 1 aromatic rings. The van der Waals surface area contributed by atoms with Gasteiger partial charge in [0.2, 0.25) is 0 Å². The quantitative estimate of drug-likeness (QED) is 0.751. The van der Waals surface area contributed by atoms with Gasteiger partial charge in [0.25, 0.3) is 0 Å². The van der Waals surface area contributed by atoms with Crippen molar-refractivity contribution >= 4 is 39.1 Å². The summed E-state index contributed by atoms with van der Waals surface area (Å²) < 4.78 is 6.23. The van der Waals surface area contributed by atoms with Crippen LogP contribution in [0.15, 0.2) is 28.7 Å². The minimum Gasteiger partial charge on any atom is -0.384 e. The van der Waals surface area contributed by atoms with E-state index in [1.54, 1.807) is 7.11 Å². The van der Waals surface area contributed by atoms with Gasteiger partial charge < -0.3 is 4.74 Å². The van der Waals surface area contributed by atoms with E-state index in [2.05, 4.69) is 15.9 Å². The van der Waals surface area contributed by atoms with Crippen LogP contribution < -0.4 is 0 Å². The van der Waals surface area contributed by atoms with Crippen molar-refractivity contribution in [2.45, 2.75) is 5.41 Å². The number of rotatable bonds is 5. The molecule has 1 rings (SSSR count). The Morgan fingerprint density at radius 1 is 1.27 bits per heavy atom. The average molecular weight is 312 g/mol. The van der Waals surface area contributed by atoms with Gasteiger partial charge in [-0.25, -0.2) is 0 Å². The van der Waals surface area contributed by atoms with Gasteiger partial charge in [-0.15, -0.1) is 23.2 Å². The van der Waals surface area contributed by atoms with Crippen molar-refractivity contribution in [3.8, 4) is 0 Å². The molecule has 1 aromatic carbocycles. The fourth-order valence-electron chi connectivity index (χ4n) is 1.50. The monoisotopic (exact) mass is 310 g/mol. The summed E-state index contributed by atoms with van der Waals surface area (Å²) in [6, 6.07) is 7.95. The first kappa shape index (κ1) is 13.3. The van der Waals surface area contributed by atoms with Crippen molar-refractivity contribution in [1.82, 2.24) is 0 Å². The number of hydrogen-bond acceptors (Lipinski definition) is 1. The van der Waals surface area contributed by atoms with Gasteiger partial charge in [-0.05, 0) is 11.6 Å². The molecule has 1 nitrogen and oxygen atoms in total.